The number of hydrogen-bond donors (Lipinski definition) is 2. The molecule has 2 N–H and O–H groups in total. The van der Waals surface area contributed by atoms with Gasteiger partial charge in [-0.25, -0.2) is 0 Å². The predicted molar refractivity (Wildman–Crippen MR) is 118 cm³/mol. The number of quaternary nitrogens is 1. The summed E-state index contributed by atoms with van der Waals surface area (Å²) >= 11 is 0. The van der Waals surface area contributed by atoms with E-state index in [0.717, 1.165) is 43.3 Å². The van der Waals surface area contributed by atoms with Crippen LogP contribution >= 0.6 is 0 Å². The fourth-order valence-electron chi connectivity index (χ4n) is 3.63. The Morgan fingerprint density at radius 3 is 2.47 bits per heavy atom. The summed E-state index contributed by atoms with van der Waals surface area (Å²) < 4.78 is 16.5. The van der Waals surface area contributed by atoms with E-state index < -0.39 is 0 Å². The Morgan fingerprint density at radius 1 is 1.03 bits per heavy atom. The Balaban J connectivity index is 1.51. The lowest BCUT2D eigenvalue weighted by molar-refractivity contribution is -0.892. The minimum Gasteiger partial charge on any atom is -0.497 e. The van der Waals surface area contributed by atoms with Crippen molar-refractivity contribution in [1.29, 1.82) is 0 Å². The molecule has 30 heavy (non-hydrogen) atoms. The van der Waals surface area contributed by atoms with Crippen LogP contribution in [-0.2, 0) is 4.79 Å². The second-order valence-corrected chi connectivity index (χ2v) is 7.19. The second-order valence-electron chi connectivity index (χ2n) is 7.19. The van der Waals surface area contributed by atoms with Gasteiger partial charge in [0, 0.05) is 23.5 Å². The van der Waals surface area contributed by atoms with E-state index in [4.69, 9.17) is 14.2 Å². The highest BCUT2D eigenvalue weighted by molar-refractivity contribution is 5.91. The molecule has 0 bridgehead atoms. The summed E-state index contributed by atoms with van der Waals surface area (Å²) in [6.07, 6.45) is 0. The van der Waals surface area contributed by atoms with E-state index in [1.807, 2.05) is 44.2 Å². The Morgan fingerprint density at radius 2 is 1.77 bits per heavy atom. The first-order chi connectivity index (χ1) is 14.6. The van der Waals surface area contributed by atoms with Crippen molar-refractivity contribution in [2.45, 2.75) is 13.8 Å². The van der Waals surface area contributed by atoms with E-state index in [-0.39, 0.29) is 5.91 Å². The van der Waals surface area contributed by atoms with Crippen molar-refractivity contribution < 1.29 is 23.9 Å². The molecule has 7 heteroatoms. The standard InChI is InChI=1S/C23H31N3O4/c1-4-29-21-10-9-18(15-22(21)30-5-2)24-23(27)17-25-11-13-26(14-12-25)19-7-6-8-20(16-19)28-3/h6-10,15-16H,4-5,11-14,17H2,1-3H3,(H,24,27)/p+1. The maximum absolute atomic E-state index is 12.6. The van der Waals surface area contributed by atoms with Gasteiger partial charge in [-0.05, 0) is 38.1 Å². The Labute approximate surface area is 178 Å². The number of nitrogens with one attached hydrogen (secondary N) is 2. The van der Waals surface area contributed by atoms with E-state index in [2.05, 4.69) is 22.3 Å². The smallest absolute Gasteiger partial charge is 0.279 e. The van der Waals surface area contributed by atoms with Crippen LogP contribution < -0.4 is 29.3 Å². The average molecular weight is 415 g/mol. The summed E-state index contributed by atoms with van der Waals surface area (Å²) in [4.78, 5) is 16.2. The molecule has 162 valence electrons. The first kappa shape index (κ1) is 21.8. The lowest BCUT2D eigenvalue weighted by Gasteiger charge is -2.33. The molecule has 1 heterocycles. The van der Waals surface area contributed by atoms with Gasteiger partial charge < -0.3 is 29.3 Å². The molecule has 0 atom stereocenters. The zero-order chi connectivity index (χ0) is 21.3. The molecular formula is C23H32N3O4+. The van der Waals surface area contributed by atoms with Gasteiger partial charge in [0.1, 0.15) is 5.75 Å². The molecule has 1 aliphatic heterocycles. The largest absolute Gasteiger partial charge is 0.497 e. The number of carbonyl (C=O) groups excluding carboxylic acids is 1. The SMILES string of the molecule is CCOc1ccc(NC(=O)C[NH+]2CCN(c3cccc(OC)c3)CC2)cc1OCC. The number of carbonyl (C=O) groups is 1. The lowest BCUT2D eigenvalue weighted by atomic mass is 10.2. The van der Waals surface area contributed by atoms with Gasteiger partial charge in [-0.2, -0.15) is 0 Å². The number of methoxy groups -OCH3 is 1. The van der Waals surface area contributed by atoms with Crippen molar-refractivity contribution in [2.24, 2.45) is 0 Å². The van der Waals surface area contributed by atoms with Gasteiger partial charge in [-0.3, -0.25) is 4.79 Å². The van der Waals surface area contributed by atoms with E-state index in [9.17, 15) is 4.79 Å². The van der Waals surface area contributed by atoms with Crippen molar-refractivity contribution >= 4 is 17.3 Å². The summed E-state index contributed by atoms with van der Waals surface area (Å²) in [7, 11) is 1.68. The van der Waals surface area contributed by atoms with Crippen LogP contribution in [0.4, 0.5) is 11.4 Å². The van der Waals surface area contributed by atoms with Gasteiger partial charge in [0.2, 0.25) is 0 Å². The fraction of sp³-hybridized carbons (Fsp3) is 0.435. The van der Waals surface area contributed by atoms with Gasteiger partial charge in [0.15, 0.2) is 18.0 Å². The first-order valence-electron chi connectivity index (χ1n) is 10.5. The van der Waals surface area contributed by atoms with Crippen molar-refractivity contribution in [3.05, 3.63) is 42.5 Å². The Hall–Kier alpha value is -2.93. The van der Waals surface area contributed by atoms with Crippen LogP contribution in [0.2, 0.25) is 0 Å². The first-order valence-corrected chi connectivity index (χ1v) is 10.5. The van der Waals surface area contributed by atoms with Crippen molar-refractivity contribution in [3.63, 3.8) is 0 Å². The molecule has 0 saturated carbocycles. The van der Waals surface area contributed by atoms with Crippen LogP contribution in [0.5, 0.6) is 17.2 Å². The molecule has 0 spiro atoms. The Bertz CT molecular complexity index is 835. The van der Waals surface area contributed by atoms with Crippen LogP contribution in [-0.4, -0.2) is 59.0 Å². The van der Waals surface area contributed by atoms with Gasteiger partial charge in [-0.1, -0.05) is 6.07 Å². The second kappa shape index (κ2) is 10.7. The summed E-state index contributed by atoms with van der Waals surface area (Å²) in [6.45, 7) is 9.06. The molecule has 7 nitrogen and oxygen atoms in total. The fourth-order valence-corrected chi connectivity index (χ4v) is 3.63. The molecule has 1 aliphatic rings. The number of nitrogens with zero attached hydrogens (tertiary/aromatic N) is 1. The number of amides is 1. The number of hydrogen-bond acceptors (Lipinski definition) is 5. The topological polar surface area (TPSA) is 64.5 Å². The summed E-state index contributed by atoms with van der Waals surface area (Å²) in [5.74, 6) is 2.21. The molecule has 3 rings (SSSR count). The maximum atomic E-state index is 12.6. The number of ether oxygens (including phenoxy) is 3. The van der Waals surface area contributed by atoms with E-state index in [1.54, 1.807) is 7.11 Å². The molecule has 1 amide bonds. The van der Waals surface area contributed by atoms with Crippen molar-refractivity contribution in [3.8, 4) is 17.2 Å². The van der Waals surface area contributed by atoms with Gasteiger partial charge in [0.05, 0.1) is 46.5 Å². The molecule has 2 aromatic rings. The van der Waals surface area contributed by atoms with Gasteiger partial charge >= 0.3 is 0 Å². The molecule has 1 fully saturated rings. The van der Waals surface area contributed by atoms with Crippen molar-refractivity contribution in [1.82, 2.24) is 0 Å². The molecule has 2 aromatic carbocycles. The zero-order valence-corrected chi connectivity index (χ0v) is 18.1. The quantitative estimate of drug-likeness (QED) is 0.656. The van der Waals surface area contributed by atoms with Crippen LogP contribution in [0.25, 0.3) is 0 Å². The van der Waals surface area contributed by atoms with Crippen LogP contribution in [0.15, 0.2) is 42.5 Å². The Kier molecular flexibility index (Phi) is 7.79. The molecule has 0 aliphatic carbocycles. The minimum atomic E-state index is 0.00596. The average Bonchev–Trinajstić information content (AvgIpc) is 2.76. The highest BCUT2D eigenvalue weighted by atomic mass is 16.5. The molecule has 1 saturated heterocycles. The molecular weight excluding hydrogens is 382 g/mol. The van der Waals surface area contributed by atoms with Crippen LogP contribution in [0.1, 0.15) is 13.8 Å². The highest BCUT2D eigenvalue weighted by Crippen LogP contribution is 2.30. The molecule has 0 radical (unpaired) electrons. The zero-order valence-electron chi connectivity index (χ0n) is 18.1. The maximum Gasteiger partial charge on any atom is 0.279 e. The van der Waals surface area contributed by atoms with Crippen LogP contribution in [0.3, 0.4) is 0 Å². The number of piperazine rings is 1. The summed E-state index contributed by atoms with van der Waals surface area (Å²) in [6, 6.07) is 13.6. The normalized spacial score (nSPS) is 14.3. The lowest BCUT2D eigenvalue weighted by Crippen LogP contribution is -3.15. The molecule has 0 aromatic heterocycles. The van der Waals surface area contributed by atoms with E-state index >= 15 is 0 Å². The molecule has 0 unspecified atom stereocenters. The summed E-state index contributed by atoms with van der Waals surface area (Å²) in [5.41, 5.74) is 1.89. The number of anilines is 2. The van der Waals surface area contributed by atoms with Gasteiger partial charge in [-0.15, -0.1) is 0 Å². The van der Waals surface area contributed by atoms with Crippen molar-refractivity contribution in [2.75, 3.05) is 63.3 Å². The minimum absolute atomic E-state index is 0.00596. The number of rotatable bonds is 9. The monoisotopic (exact) mass is 414 g/mol. The van der Waals surface area contributed by atoms with E-state index in [1.165, 1.54) is 4.90 Å². The van der Waals surface area contributed by atoms with Gasteiger partial charge in [0.25, 0.3) is 5.91 Å². The number of benzene rings is 2. The van der Waals surface area contributed by atoms with E-state index in [0.29, 0.717) is 31.3 Å². The third-order valence-corrected chi connectivity index (χ3v) is 5.13. The highest BCUT2D eigenvalue weighted by Gasteiger charge is 2.23. The third kappa shape index (κ3) is 5.79. The third-order valence-electron chi connectivity index (χ3n) is 5.13. The van der Waals surface area contributed by atoms with Crippen LogP contribution in [0, 0.1) is 0 Å². The summed E-state index contributed by atoms with van der Waals surface area (Å²) in [5, 5.41) is 2.99. The predicted octanol–water partition coefficient (Wildman–Crippen LogP) is 1.84.